The summed E-state index contributed by atoms with van der Waals surface area (Å²) in [6, 6.07) is 1.42. The van der Waals surface area contributed by atoms with Crippen molar-refractivity contribution in [1.29, 1.82) is 0 Å². The first kappa shape index (κ1) is 15.0. The van der Waals surface area contributed by atoms with Gasteiger partial charge in [0.15, 0.2) is 5.82 Å². The standard InChI is InChI=1S/C13H18N4O4/c1-17-9(13(20)21-2)7-10(16-17)15-12(19)8-5-3-4-6-14-11(8)18/h7-8H,3-6H2,1-2H3,(H,14,18)(H,15,16,19). The molecule has 21 heavy (non-hydrogen) atoms. The van der Waals surface area contributed by atoms with Gasteiger partial charge >= 0.3 is 5.97 Å². The molecular formula is C13H18N4O4. The number of hydrogen-bond acceptors (Lipinski definition) is 5. The third kappa shape index (κ3) is 3.39. The second-order valence-electron chi connectivity index (χ2n) is 4.86. The van der Waals surface area contributed by atoms with E-state index in [1.54, 1.807) is 7.05 Å². The lowest BCUT2D eigenvalue weighted by Gasteiger charge is -2.11. The fourth-order valence-corrected chi connectivity index (χ4v) is 2.23. The molecule has 0 radical (unpaired) electrons. The molecule has 1 aromatic rings. The quantitative estimate of drug-likeness (QED) is 0.606. The van der Waals surface area contributed by atoms with E-state index in [0.717, 1.165) is 12.8 Å². The number of aryl methyl sites for hydroxylation is 1. The Morgan fingerprint density at radius 3 is 2.95 bits per heavy atom. The number of ether oxygens (including phenoxy) is 1. The van der Waals surface area contributed by atoms with E-state index in [0.29, 0.717) is 13.0 Å². The highest BCUT2D eigenvalue weighted by molar-refractivity contribution is 6.06. The van der Waals surface area contributed by atoms with Gasteiger partial charge in [0.25, 0.3) is 0 Å². The molecule has 1 aliphatic heterocycles. The first-order valence-electron chi connectivity index (χ1n) is 6.74. The summed E-state index contributed by atoms with van der Waals surface area (Å²) in [5.74, 6) is -1.73. The highest BCUT2D eigenvalue weighted by Gasteiger charge is 2.28. The highest BCUT2D eigenvalue weighted by Crippen LogP contribution is 2.16. The predicted molar refractivity (Wildman–Crippen MR) is 73.5 cm³/mol. The van der Waals surface area contributed by atoms with E-state index in [1.807, 2.05) is 0 Å². The zero-order chi connectivity index (χ0) is 15.4. The SMILES string of the molecule is COC(=O)c1cc(NC(=O)C2CCCCNC2=O)nn1C. The minimum absolute atomic E-state index is 0.220. The summed E-state index contributed by atoms with van der Waals surface area (Å²) in [4.78, 5) is 35.4. The van der Waals surface area contributed by atoms with Crippen LogP contribution in [0.1, 0.15) is 29.8 Å². The van der Waals surface area contributed by atoms with Crippen LogP contribution >= 0.6 is 0 Å². The van der Waals surface area contributed by atoms with Crippen molar-refractivity contribution in [1.82, 2.24) is 15.1 Å². The van der Waals surface area contributed by atoms with Crippen molar-refractivity contribution in [3.05, 3.63) is 11.8 Å². The van der Waals surface area contributed by atoms with Crippen LogP contribution in [0.5, 0.6) is 0 Å². The molecule has 8 nitrogen and oxygen atoms in total. The maximum absolute atomic E-state index is 12.2. The molecule has 8 heteroatoms. The number of esters is 1. The molecule has 0 aliphatic carbocycles. The number of anilines is 1. The molecule has 1 aromatic heterocycles. The van der Waals surface area contributed by atoms with Crippen molar-refractivity contribution in [2.24, 2.45) is 13.0 Å². The Morgan fingerprint density at radius 1 is 1.48 bits per heavy atom. The van der Waals surface area contributed by atoms with Gasteiger partial charge in [-0.25, -0.2) is 4.79 Å². The molecule has 114 valence electrons. The maximum atomic E-state index is 12.2. The van der Waals surface area contributed by atoms with Crippen molar-refractivity contribution in [2.45, 2.75) is 19.3 Å². The van der Waals surface area contributed by atoms with Crippen LogP contribution in [0.4, 0.5) is 5.82 Å². The van der Waals surface area contributed by atoms with Crippen LogP contribution in [0.15, 0.2) is 6.07 Å². The van der Waals surface area contributed by atoms with E-state index >= 15 is 0 Å². The van der Waals surface area contributed by atoms with Crippen LogP contribution in [0.3, 0.4) is 0 Å². The van der Waals surface area contributed by atoms with E-state index in [9.17, 15) is 14.4 Å². The second kappa shape index (κ2) is 6.38. The normalized spacial score (nSPS) is 18.6. The van der Waals surface area contributed by atoms with E-state index in [-0.39, 0.29) is 17.4 Å². The van der Waals surface area contributed by atoms with Crippen LogP contribution in [0, 0.1) is 5.92 Å². The van der Waals surface area contributed by atoms with E-state index in [4.69, 9.17) is 0 Å². The lowest BCUT2D eigenvalue weighted by Crippen LogP contribution is -2.36. The number of methoxy groups -OCH3 is 1. The lowest BCUT2D eigenvalue weighted by atomic mass is 10.0. The molecule has 1 unspecified atom stereocenters. The van der Waals surface area contributed by atoms with Gasteiger partial charge < -0.3 is 15.4 Å². The number of rotatable bonds is 3. The molecule has 1 aliphatic rings. The lowest BCUT2D eigenvalue weighted by molar-refractivity contribution is -0.132. The van der Waals surface area contributed by atoms with Crippen LogP contribution in [0.2, 0.25) is 0 Å². The van der Waals surface area contributed by atoms with E-state index < -0.39 is 17.8 Å². The van der Waals surface area contributed by atoms with Crippen molar-refractivity contribution in [2.75, 3.05) is 19.0 Å². The van der Waals surface area contributed by atoms with Crippen molar-refractivity contribution < 1.29 is 19.1 Å². The maximum Gasteiger partial charge on any atom is 0.356 e. The van der Waals surface area contributed by atoms with Gasteiger partial charge in [-0.2, -0.15) is 5.10 Å². The molecule has 2 heterocycles. The van der Waals surface area contributed by atoms with Gasteiger partial charge in [0.2, 0.25) is 11.8 Å². The minimum atomic E-state index is -0.726. The molecule has 0 bridgehead atoms. The molecular weight excluding hydrogens is 276 g/mol. The van der Waals surface area contributed by atoms with E-state index in [1.165, 1.54) is 17.9 Å². The summed E-state index contributed by atoms with van der Waals surface area (Å²) in [6.07, 6.45) is 2.19. The number of nitrogens with one attached hydrogen (secondary N) is 2. The summed E-state index contributed by atoms with van der Waals surface area (Å²) in [7, 11) is 2.84. The molecule has 2 N–H and O–H groups in total. The number of carbonyl (C=O) groups excluding carboxylic acids is 3. The molecule has 1 atom stereocenters. The third-order valence-electron chi connectivity index (χ3n) is 3.38. The van der Waals surface area contributed by atoms with Gasteiger partial charge in [-0.05, 0) is 12.8 Å². The average Bonchev–Trinajstić information content (AvgIpc) is 2.68. The fourth-order valence-electron chi connectivity index (χ4n) is 2.23. The number of amides is 2. The molecule has 2 amide bonds. The average molecular weight is 294 g/mol. The summed E-state index contributed by atoms with van der Waals surface area (Å²) >= 11 is 0. The van der Waals surface area contributed by atoms with Gasteiger partial charge in [-0.3, -0.25) is 14.3 Å². The largest absolute Gasteiger partial charge is 0.464 e. The Morgan fingerprint density at radius 2 is 2.24 bits per heavy atom. The van der Waals surface area contributed by atoms with Crippen molar-refractivity contribution in [3.8, 4) is 0 Å². The van der Waals surface area contributed by atoms with Crippen LogP contribution in [-0.2, 0) is 21.4 Å². The van der Waals surface area contributed by atoms with Crippen LogP contribution in [-0.4, -0.2) is 41.2 Å². The Bertz CT molecular complexity index is 567. The molecule has 0 saturated carbocycles. The Balaban J connectivity index is 2.08. The van der Waals surface area contributed by atoms with Crippen molar-refractivity contribution >= 4 is 23.6 Å². The highest BCUT2D eigenvalue weighted by atomic mass is 16.5. The smallest absolute Gasteiger partial charge is 0.356 e. The summed E-state index contributed by atoms with van der Waals surface area (Å²) < 4.78 is 5.92. The zero-order valence-corrected chi connectivity index (χ0v) is 12.0. The predicted octanol–water partition coefficient (Wildman–Crippen LogP) is 0.0615. The monoisotopic (exact) mass is 294 g/mol. The number of aromatic nitrogens is 2. The molecule has 2 rings (SSSR count). The Labute approximate surface area is 121 Å². The Hall–Kier alpha value is -2.38. The number of hydrogen-bond donors (Lipinski definition) is 2. The van der Waals surface area contributed by atoms with Gasteiger partial charge in [-0.1, -0.05) is 6.42 Å². The van der Waals surface area contributed by atoms with E-state index in [2.05, 4.69) is 20.5 Å². The third-order valence-corrected chi connectivity index (χ3v) is 3.38. The summed E-state index contributed by atoms with van der Waals surface area (Å²) in [6.45, 7) is 0.596. The van der Waals surface area contributed by atoms with Gasteiger partial charge in [0.1, 0.15) is 11.6 Å². The van der Waals surface area contributed by atoms with Crippen LogP contribution in [0.25, 0.3) is 0 Å². The molecule has 0 aromatic carbocycles. The Kier molecular flexibility index (Phi) is 4.56. The van der Waals surface area contributed by atoms with Crippen molar-refractivity contribution in [3.63, 3.8) is 0 Å². The summed E-state index contributed by atoms with van der Waals surface area (Å²) in [5, 5.41) is 9.29. The molecule has 1 fully saturated rings. The van der Waals surface area contributed by atoms with Crippen LogP contribution < -0.4 is 10.6 Å². The van der Waals surface area contributed by atoms with Gasteiger partial charge in [0, 0.05) is 19.7 Å². The summed E-state index contributed by atoms with van der Waals surface area (Å²) in [5.41, 5.74) is 0.220. The van der Waals surface area contributed by atoms with Gasteiger partial charge in [0.05, 0.1) is 7.11 Å². The molecule has 1 saturated heterocycles. The topological polar surface area (TPSA) is 102 Å². The number of carbonyl (C=O) groups is 3. The second-order valence-corrected chi connectivity index (χ2v) is 4.86. The first-order valence-corrected chi connectivity index (χ1v) is 6.74. The fraction of sp³-hybridized carbons (Fsp3) is 0.538. The first-order chi connectivity index (χ1) is 10.0. The van der Waals surface area contributed by atoms with Gasteiger partial charge in [-0.15, -0.1) is 0 Å². The minimum Gasteiger partial charge on any atom is -0.464 e. The molecule has 0 spiro atoms. The zero-order valence-electron chi connectivity index (χ0n) is 12.0. The number of nitrogens with zero attached hydrogens (tertiary/aromatic N) is 2.